The number of H-pyrrole nitrogens is 1. The number of nitrogens with one attached hydrogen (secondary N) is 1. The fourth-order valence-electron chi connectivity index (χ4n) is 2.35. The van der Waals surface area contributed by atoms with Crippen LogP contribution in [0.25, 0.3) is 22.5 Å². The fourth-order valence-corrected chi connectivity index (χ4v) is 2.65. The molecule has 2 N–H and O–H groups in total. The minimum Gasteiger partial charge on any atom is -0.481 e. The number of aliphatic carboxylic acids is 1. The number of nitrogens with zero attached hydrogens (tertiary/aromatic N) is 2. The number of aromatic amines is 1. The van der Waals surface area contributed by atoms with Crippen LogP contribution < -0.4 is 0 Å². The van der Waals surface area contributed by atoms with E-state index in [9.17, 15) is 9.90 Å². The Morgan fingerprint density at radius 1 is 1.08 bits per heavy atom. The molecule has 2 heterocycles. The number of pyridine rings is 1. The molecule has 0 spiro atoms. The molecule has 0 bridgehead atoms. The molecule has 3 aromatic rings. The van der Waals surface area contributed by atoms with E-state index in [0.29, 0.717) is 27.3 Å². The normalized spacial score (nSPS) is 11.5. The first-order valence-corrected chi connectivity index (χ1v) is 8.26. The third kappa shape index (κ3) is 3.25. The van der Waals surface area contributed by atoms with Gasteiger partial charge in [0, 0.05) is 23.5 Å². The summed E-state index contributed by atoms with van der Waals surface area (Å²) in [4.78, 5) is 23.3. The molecule has 0 amide bonds. The molecule has 2 aromatic heterocycles. The number of aromatic nitrogens is 3. The molecule has 7 heteroatoms. The first-order chi connectivity index (χ1) is 11.8. The van der Waals surface area contributed by atoms with Crippen LogP contribution in [0.1, 0.15) is 19.7 Å². The van der Waals surface area contributed by atoms with Gasteiger partial charge in [0.05, 0.1) is 21.4 Å². The SMILES string of the molecule is CC(C)(C(=O)O)c1nc(-c2ccc(Cl)c(Cl)c2)c(-c2ccncc2)[nH]1. The molecule has 25 heavy (non-hydrogen) atoms. The average molecular weight is 376 g/mol. The van der Waals surface area contributed by atoms with Crippen LogP contribution in [0.4, 0.5) is 0 Å². The molecule has 0 unspecified atom stereocenters. The van der Waals surface area contributed by atoms with Crippen molar-refractivity contribution >= 4 is 29.2 Å². The van der Waals surface area contributed by atoms with Gasteiger partial charge in [-0.1, -0.05) is 29.3 Å². The van der Waals surface area contributed by atoms with E-state index in [1.165, 1.54) is 0 Å². The van der Waals surface area contributed by atoms with Crippen molar-refractivity contribution in [1.82, 2.24) is 15.0 Å². The highest BCUT2D eigenvalue weighted by molar-refractivity contribution is 6.42. The van der Waals surface area contributed by atoms with Gasteiger partial charge in [0.25, 0.3) is 0 Å². The van der Waals surface area contributed by atoms with Crippen LogP contribution in [0.5, 0.6) is 0 Å². The van der Waals surface area contributed by atoms with Crippen LogP contribution in [0.3, 0.4) is 0 Å². The van der Waals surface area contributed by atoms with E-state index in [2.05, 4.69) is 15.0 Å². The standard InChI is InChI=1S/C18H15Cl2N3O2/c1-18(2,17(24)25)16-22-14(10-5-7-21-8-6-10)15(23-16)11-3-4-12(19)13(20)9-11/h3-9H,1-2H3,(H,22,23)(H,24,25). The van der Waals surface area contributed by atoms with E-state index in [1.807, 2.05) is 12.1 Å². The lowest BCUT2D eigenvalue weighted by atomic mass is 9.93. The van der Waals surface area contributed by atoms with E-state index in [-0.39, 0.29) is 0 Å². The van der Waals surface area contributed by atoms with Crippen LogP contribution >= 0.6 is 23.2 Å². The highest BCUT2D eigenvalue weighted by Gasteiger charge is 2.34. The van der Waals surface area contributed by atoms with Crippen molar-refractivity contribution in [3.63, 3.8) is 0 Å². The first kappa shape index (κ1) is 17.5. The fraction of sp³-hybridized carbons (Fsp3) is 0.167. The van der Waals surface area contributed by atoms with Gasteiger partial charge in [0.15, 0.2) is 0 Å². The molecule has 3 rings (SSSR count). The molecule has 0 radical (unpaired) electrons. The first-order valence-electron chi connectivity index (χ1n) is 7.50. The Hall–Kier alpha value is -2.37. The van der Waals surface area contributed by atoms with Crippen molar-refractivity contribution in [3.05, 3.63) is 58.6 Å². The maximum Gasteiger partial charge on any atom is 0.316 e. The largest absolute Gasteiger partial charge is 0.481 e. The third-order valence-corrected chi connectivity index (χ3v) is 4.73. The molecule has 5 nitrogen and oxygen atoms in total. The zero-order valence-corrected chi connectivity index (χ0v) is 15.1. The van der Waals surface area contributed by atoms with Crippen molar-refractivity contribution in [3.8, 4) is 22.5 Å². The quantitative estimate of drug-likeness (QED) is 0.685. The number of hydrogen-bond donors (Lipinski definition) is 2. The van der Waals surface area contributed by atoms with E-state index >= 15 is 0 Å². The number of hydrogen-bond acceptors (Lipinski definition) is 3. The lowest BCUT2D eigenvalue weighted by Gasteiger charge is -2.15. The monoisotopic (exact) mass is 375 g/mol. The Labute approximate surface area is 154 Å². The molecule has 128 valence electrons. The summed E-state index contributed by atoms with van der Waals surface area (Å²) in [7, 11) is 0. The second-order valence-corrected chi connectivity index (χ2v) is 6.92. The minimum absolute atomic E-state index is 0.355. The third-order valence-electron chi connectivity index (χ3n) is 3.99. The minimum atomic E-state index is -1.17. The second-order valence-electron chi connectivity index (χ2n) is 6.10. The maximum atomic E-state index is 11.6. The Kier molecular flexibility index (Phi) is 4.54. The zero-order chi connectivity index (χ0) is 18.2. The van der Waals surface area contributed by atoms with Gasteiger partial charge >= 0.3 is 5.97 Å². The van der Waals surface area contributed by atoms with Gasteiger partial charge in [0.1, 0.15) is 11.2 Å². The number of carbonyl (C=O) groups is 1. The number of rotatable bonds is 4. The molecule has 0 aliphatic carbocycles. The number of imidazole rings is 1. The lowest BCUT2D eigenvalue weighted by Crippen LogP contribution is -2.29. The molecule has 1 aromatic carbocycles. The predicted octanol–water partition coefficient (Wildman–Crippen LogP) is 4.81. The number of halogens is 2. The van der Waals surface area contributed by atoms with Gasteiger partial charge in [-0.15, -0.1) is 0 Å². The summed E-state index contributed by atoms with van der Waals surface area (Å²) in [6, 6.07) is 8.85. The van der Waals surface area contributed by atoms with Gasteiger partial charge < -0.3 is 10.1 Å². The second kappa shape index (κ2) is 6.50. The van der Waals surface area contributed by atoms with Gasteiger partial charge in [-0.25, -0.2) is 4.98 Å². The number of benzene rings is 1. The molecule has 0 saturated carbocycles. The summed E-state index contributed by atoms with van der Waals surface area (Å²) in [5.74, 6) is -0.615. The lowest BCUT2D eigenvalue weighted by molar-refractivity contribution is -0.142. The van der Waals surface area contributed by atoms with Crippen LogP contribution in [-0.2, 0) is 10.2 Å². The van der Waals surface area contributed by atoms with E-state index in [1.54, 1.807) is 44.4 Å². The van der Waals surface area contributed by atoms with Crippen molar-refractivity contribution in [2.45, 2.75) is 19.3 Å². The highest BCUT2D eigenvalue weighted by atomic mass is 35.5. The Balaban J connectivity index is 2.24. The summed E-state index contributed by atoms with van der Waals surface area (Å²) >= 11 is 12.1. The Morgan fingerprint density at radius 2 is 1.76 bits per heavy atom. The van der Waals surface area contributed by atoms with Gasteiger partial charge in [-0.2, -0.15) is 0 Å². The number of carboxylic acid groups (broad SMARTS) is 1. The summed E-state index contributed by atoms with van der Waals surface area (Å²) in [5, 5.41) is 10.4. The van der Waals surface area contributed by atoms with Crippen molar-refractivity contribution in [2.75, 3.05) is 0 Å². The molecule has 0 fully saturated rings. The molecule has 0 aliphatic heterocycles. The predicted molar refractivity (Wildman–Crippen MR) is 97.9 cm³/mol. The van der Waals surface area contributed by atoms with Crippen LogP contribution in [-0.4, -0.2) is 26.0 Å². The summed E-state index contributed by atoms with van der Waals surface area (Å²) in [6.45, 7) is 3.20. The van der Waals surface area contributed by atoms with Gasteiger partial charge in [-0.3, -0.25) is 9.78 Å². The van der Waals surface area contributed by atoms with E-state index < -0.39 is 11.4 Å². The Morgan fingerprint density at radius 3 is 2.36 bits per heavy atom. The summed E-state index contributed by atoms with van der Waals surface area (Å²) in [6.07, 6.45) is 3.33. The van der Waals surface area contributed by atoms with E-state index in [4.69, 9.17) is 23.2 Å². The van der Waals surface area contributed by atoms with Crippen LogP contribution in [0.2, 0.25) is 10.0 Å². The topological polar surface area (TPSA) is 78.9 Å². The highest BCUT2D eigenvalue weighted by Crippen LogP contribution is 2.35. The average Bonchev–Trinajstić information content (AvgIpc) is 3.04. The molecule has 0 aliphatic rings. The molecular formula is C18H15Cl2N3O2. The van der Waals surface area contributed by atoms with Crippen LogP contribution in [0.15, 0.2) is 42.7 Å². The maximum absolute atomic E-state index is 11.6. The van der Waals surface area contributed by atoms with Gasteiger partial charge in [-0.05, 0) is 38.1 Å². The molecule has 0 atom stereocenters. The summed E-state index contributed by atoms with van der Waals surface area (Å²) in [5.41, 5.74) is 1.72. The molecule has 0 saturated heterocycles. The van der Waals surface area contributed by atoms with Gasteiger partial charge in [0.2, 0.25) is 0 Å². The van der Waals surface area contributed by atoms with Crippen molar-refractivity contribution in [1.29, 1.82) is 0 Å². The smallest absolute Gasteiger partial charge is 0.316 e. The van der Waals surface area contributed by atoms with Crippen molar-refractivity contribution in [2.24, 2.45) is 0 Å². The summed E-state index contributed by atoms with van der Waals surface area (Å²) < 4.78 is 0. The molecular weight excluding hydrogens is 361 g/mol. The Bertz CT molecular complexity index is 937. The van der Waals surface area contributed by atoms with Crippen molar-refractivity contribution < 1.29 is 9.90 Å². The number of carboxylic acids is 1. The van der Waals surface area contributed by atoms with E-state index in [0.717, 1.165) is 11.1 Å². The van der Waals surface area contributed by atoms with Crippen LogP contribution in [0, 0.1) is 0 Å². The zero-order valence-electron chi connectivity index (χ0n) is 13.5.